The van der Waals surface area contributed by atoms with Gasteiger partial charge in [-0.3, -0.25) is 0 Å². The average Bonchev–Trinajstić information content (AvgIpc) is 2.83. The summed E-state index contributed by atoms with van der Waals surface area (Å²) in [5.41, 5.74) is 7.89. The third kappa shape index (κ3) is 2.38. The van der Waals surface area contributed by atoms with Crippen LogP contribution in [0.2, 0.25) is 0 Å². The number of ether oxygens (including phenoxy) is 1. The highest BCUT2D eigenvalue weighted by molar-refractivity contribution is 5.29. The maximum absolute atomic E-state index is 6.00. The van der Waals surface area contributed by atoms with Gasteiger partial charge in [-0.2, -0.15) is 15.4 Å². The standard InChI is InChI=1S/C11H14N4O/c1-16-9-4-2-3-8(5-9)6-10(12)11-7-13-15-14-11/h2-5,7,10H,6,12H2,1H3,(H,13,14,15). The highest BCUT2D eigenvalue weighted by Crippen LogP contribution is 2.17. The van der Waals surface area contributed by atoms with Crippen molar-refractivity contribution in [2.24, 2.45) is 5.73 Å². The fourth-order valence-electron chi connectivity index (χ4n) is 1.55. The lowest BCUT2D eigenvalue weighted by atomic mass is 10.0. The van der Waals surface area contributed by atoms with E-state index in [1.54, 1.807) is 13.3 Å². The Bertz CT molecular complexity index is 441. The monoisotopic (exact) mass is 218 g/mol. The molecule has 5 nitrogen and oxygen atoms in total. The maximum Gasteiger partial charge on any atom is 0.119 e. The van der Waals surface area contributed by atoms with E-state index in [0.29, 0.717) is 6.42 Å². The molecular weight excluding hydrogens is 204 g/mol. The third-order valence-electron chi connectivity index (χ3n) is 2.40. The van der Waals surface area contributed by atoms with Gasteiger partial charge in [0.25, 0.3) is 0 Å². The van der Waals surface area contributed by atoms with Gasteiger partial charge in [-0.05, 0) is 24.1 Å². The van der Waals surface area contributed by atoms with Crippen molar-refractivity contribution in [3.8, 4) is 5.75 Å². The van der Waals surface area contributed by atoms with Crippen molar-refractivity contribution in [1.82, 2.24) is 15.4 Å². The first-order valence-electron chi connectivity index (χ1n) is 5.04. The zero-order chi connectivity index (χ0) is 11.4. The van der Waals surface area contributed by atoms with Crippen molar-refractivity contribution in [2.75, 3.05) is 7.11 Å². The number of hydrogen-bond acceptors (Lipinski definition) is 4. The van der Waals surface area contributed by atoms with Crippen molar-refractivity contribution >= 4 is 0 Å². The molecule has 1 atom stereocenters. The second-order valence-electron chi connectivity index (χ2n) is 3.56. The van der Waals surface area contributed by atoms with Crippen LogP contribution in [0.5, 0.6) is 5.75 Å². The number of aromatic nitrogens is 3. The van der Waals surface area contributed by atoms with Gasteiger partial charge in [0.15, 0.2) is 0 Å². The van der Waals surface area contributed by atoms with Crippen LogP contribution in [0.3, 0.4) is 0 Å². The smallest absolute Gasteiger partial charge is 0.119 e. The second-order valence-corrected chi connectivity index (χ2v) is 3.56. The SMILES string of the molecule is COc1cccc(CC(N)c2cn[nH]n2)c1. The predicted molar refractivity (Wildman–Crippen MR) is 60.0 cm³/mol. The number of hydrogen-bond donors (Lipinski definition) is 2. The van der Waals surface area contributed by atoms with Crippen LogP contribution in [0, 0.1) is 0 Å². The summed E-state index contributed by atoms with van der Waals surface area (Å²) in [6, 6.07) is 7.70. The number of rotatable bonds is 4. The minimum Gasteiger partial charge on any atom is -0.497 e. The lowest BCUT2D eigenvalue weighted by Gasteiger charge is -2.09. The molecule has 5 heteroatoms. The van der Waals surface area contributed by atoms with E-state index in [2.05, 4.69) is 15.4 Å². The highest BCUT2D eigenvalue weighted by Gasteiger charge is 2.09. The second kappa shape index (κ2) is 4.76. The van der Waals surface area contributed by atoms with Gasteiger partial charge in [0.2, 0.25) is 0 Å². The minimum atomic E-state index is -0.147. The van der Waals surface area contributed by atoms with E-state index >= 15 is 0 Å². The minimum absolute atomic E-state index is 0.147. The van der Waals surface area contributed by atoms with E-state index in [9.17, 15) is 0 Å². The average molecular weight is 218 g/mol. The first kappa shape index (κ1) is 10.6. The number of benzene rings is 1. The van der Waals surface area contributed by atoms with Crippen molar-refractivity contribution in [1.29, 1.82) is 0 Å². The van der Waals surface area contributed by atoms with E-state index in [-0.39, 0.29) is 6.04 Å². The van der Waals surface area contributed by atoms with Crippen molar-refractivity contribution in [3.63, 3.8) is 0 Å². The molecule has 3 N–H and O–H groups in total. The molecule has 2 rings (SSSR count). The quantitative estimate of drug-likeness (QED) is 0.804. The number of nitrogens with one attached hydrogen (secondary N) is 1. The topological polar surface area (TPSA) is 76.8 Å². The largest absolute Gasteiger partial charge is 0.497 e. The molecule has 0 saturated carbocycles. The molecule has 16 heavy (non-hydrogen) atoms. The Morgan fingerprint density at radius 2 is 2.38 bits per heavy atom. The van der Waals surface area contributed by atoms with Crippen LogP contribution in [0.4, 0.5) is 0 Å². The Morgan fingerprint density at radius 3 is 3.06 bits per heavy atom. The summed E-state index contributed by atoms with van der Waals surface area (Å²) in [6.45, 7) is 0. The molecule has 0 aliphatic carbocycles. The number of methoxy groups -OCH3 is 1. The molecule has 0 aliphatic heterocycles. The van der Waals surface area contributed by atoms with Gasteiger partial charge < -0.3 is 10.5 Å². The van der Waals surface area contributed by atoms with Gasteiger partial charge in [-0.15, -0.1) is 0 Å². The lowest BCUT2D eigenvalue weighted by Crippen LogP contribution is -2.13. The molecular formula is C11H14N4O. The van der Waals surface area contributed by atoms with E-state index in [1.165, 1.54) is 0 Å². The Balaban J connectivity index is 2.08. The van der Waals surface area contributed by atoms with Crippen LogP contribution >= 0.6 is 0 Å². The lowest BCUT2D eigenvalue weighted by molar-refractivity contribution is 0.414. The van der Waals surface area contributed by atoms with Crippen LogP contribution in [0.1, 0.15) is 17.3 Å². The summed E-state index contributed by atoms with van der Waals surface area (Å²) in [4.78, 5) is 0. The zero-order valence-electron chi connectivity index (χ0n) is 9.05. The summed E-state index contributed by atoms with van der Waals surface area (Å²) in [5, 5.41) is 10.3. The third-order valence-corrected chi connectivity index (χ3v) is 2.40. The number of aromatic amines is 1. The Hall–Kier alpha value is -1.88. The number of nitrogens with two attached hydrogens (primary N) is 1. The molecule has 1 aromatic heterocycles. The molecule has 1 heterocycles. The van der Waals surface area contributed by atoms with Gasteiger partial charge in [0.1, 0.15) is 5.75 Å². The van der Waals surface area contributed by atoms with Gasteiger partial charge in [-0.1, -0.05) is 12.1 Å². The normalized spacial score (nSPS) is 12.4. The zero-order valence-corrected chi connectivity index (χ0v) is 9.05. The summed E-state index contributed by atoms with van der Waals surface area (Å²) in [7, 11) is 1.65. The molecule has 0 aliphatic rings. The summed E-state index contributed by atoms with van der Waals surface area (Å²) in [6.07, 6.45) is 2.36. The van der Waals surface area contributed by atoms with E-state index in [1.807, 2.05) is 24.3 Å². The van der Waals surface area contributed by atoms with Gasteiger partial charge in [0.05, 0.1) is 25.0 Å². The van der Waals surface area contributed by atoms with Crippen LogP contribution < -0.4 is 10.5 Å². The van der Waals surface area contributed by atoms with Crippen molar-refractivity contribution < 1.29 is 4.74 Å². The van der Waals surface area contributed by atoms with Gasteiger partial charge >= 0.3 is 0 Å². The first-order chi connectivity index (χ1) is 7.79. The first-order valence-corrected chi connectivity index (χ1v) is 5.04. The number of nitrogens with zero attached hydrogens (tertiary/aromatic N) is 2. The molecule has 0 radical (unpaired) electrons. The number of H-pyrrole nitrogens is 1. The Morgan fingerprint density at radius 1 is 1.50 bits per heavy atom. The summed E-state index contributed by atoms with van der Waals surface area (Å²) < 4.78 is 5.15. The van der Waals surface area contributed by atoms with Gasteiger partial charge in [-0.25, -0.2) is 0 Å². The molecule has 0 amide bonds. The summed E-state index contributed by atoms with van der Waals surface area (Å²) >= 11 is 0. The van der Waals surface area contributed by atoms with E-state index in [4.69, 9.17) is 10.5 Å². The Labute approximate surface area is 93.6 Å². The van der Waals surface area contributed by atoms with Crippen LogP contribution in [-0.4, -0.2) is 22.5 Å². The molecule has 1 aromatic carbocycles. The fourth-order valence-corrected chi connectivity index (χ4v) is 1.55. The van der Waals surface area contributed by atoms with Crippen LogP contribution in [-0.2, 0) is 6.42 Å². The molecule has 1 unspecified atom stereocenters. The van der Waals surface area contributed by atoms with Crippen molar-refractivity contribution in [2.45, 2.75) is 12.5 Å². The molecule has 0 saturated heterocycles. The van der Waals surface area contributed by atoms with Gasteiger partial charge in [0, 0.05) is 0 Å². The Kier molecular flexibility index (Phi) is 3.16. The predicted octanol–water partition coefficient (Wildman–Crippen LogP) is 1.06. The molecule has 0 spiro atoms. The van der Waals surface area contributed by atoms with Crippen LogP contribution in [0.25, 0.3) is 0 Å². The molecule has 0 fully saturated rings. The maximum atomic E-state index is 6.00. The summed E-state index contributed by atoms with van der Waals surface area (Å²) in [5.74, 6) is 0.838. The van der Waals surface area contributed by atoms with Crippen LogP contribution in [0.15, 0.2) is 30.5 Å². The molecule has 0 bridgehead atoms. The van der Waals surface area contributed by atoms with E-state index < -0.39 is 0 Å². The fraction of sp³-hybridized carbons (Fsp3) is 0.273. The highest BCUT2D eigenvalue weighted by atomic mass is 16.5. The molecule has 84 valence electrons. The molecule has 2 aromatic rings. The van der Waals surface area contributed by atoms with Crippen molar-refractivity contribution in [3.05, 3.63) is 41.7 Å². The van der Waals surface area contributed by atoms with E-state index in [0.717, 1.165) is 17.0 Å².